The Bertz CT molecular complexity index is 676. The summed E-state index contributed by atoms with van der Waals surface area (Å²) in [5.41, 5.74) is -0.892. The molecule has 0 aliphatic carbocycles. The van der Waals surface area contributed by atoms with Crippen LogP contribution in [0.2, 0.25) is 0 Å². The molecule has 0 spiro atoms. The Morgan fingerprint density at radius 2 is 1.81 bits per heavy atom. The second-order valence-electron chi connectivity index (χ2n) is 4.60. The van der Waals surface area contributed by atoms with Gasteiger partial charge in [-0.1, -0.05) is 36.4 Å². The summed E-state index contributed by atoms with van der Waals surface area (Å²) >= 11 is 3.18. The number of amides is 1. The topological polar surface area (TPSA) is 79.3 Å². The maximum atomic E-state index is 12.2. The first-order valence-corrected chi connectivity index (χ1v) is 6.97. The number of nitrogens with zero attached hydrogens (tertiary/aromatic N) is 1. The maximum Gasteiger partial charge on any atom is 0.333 e. The van der Waals surface area contributed by atoms with Crippen LogP contribution in [-0.4, -0.2) is 22.0 Å². The van der Waals surface area contributed by atoms with Gasteiger partial charge >= 0.3 is 5.97 Å². The molecule has 21 heavy (non-hydrogen) atoms. The highest BCUT2D eigenvalue weighted by Crippen LogP contribution is 2.21. The van der Waals surface area contributed by atoms with E-state index < -0.39 is 17.4 Å². The molecule has 0 saturated carbocycles. The number of aliphatic carboxylic acids is 1. The predicted molar refractivity (Wildman–Crippen MR) is 80.8 cm³/mol. The fraction of sp³-hybridized carbons (Fsp3) is 0.133. The van der Waals surface area contributed by atoms with Crippen molar-refractivity contribution in [1.29, 1.82) is 0 Å². The quantitative estimate of drug-likeness (QED) is 0.832. The molecule has 1 amide bonds. The number of carbonyl (C=O) groups is 2. The molecule has 2 N–H and O–H groups in total. The molecule has 0 saturated heterocycles. The number of benzene rings is 1. The van der Waals surface area contributed by atoms with Gasteiger partial charge in [0.1, 0.15) is 10.3 Å². The van der Waals surface area contributed by atoms with E-state index in [1.807, 2.05) is 0 Å². The Morgan fingerprint density at radius 1 is 1.14 bits per heavy atom. The number of hydrogen-bond acceptors (Lipinski definition) is 3. The van der Waals surface area contributed by atoms with Crippen LogP contribution in [0.1, 0.15) is 23.0 Å². The zero-order valence-electron chi connectivity index (χ0n) is 11.2. The first kappa shape index (κ1) is 15.2. The van der Waals surface area contributed by atoms with Gasteiger partial charge < -0.3 is 10.4 Å². The number of halogens is 1. The smallest absolute Gasteiger partial charge is 0.333 e. The van der Waals surface area contributed by atoms with Crippen LogP contribution in [0.25, 0.3) is 0 Å². The molecule has 6 heteroatoms. The van der Waals surface area contributed by atoms with Crippen molar-refractivity contribution in [3.8, 4) is 0 Å². The molecule has 0 aliphatic heterocycles. The lowest BCUT2D eigenvalue weighted by Crippen LogP contribution is -2.49. The lowest BCUT2D eigenvalue weighted by Gasteiger charge is -2.26. The third-order valence-corrected chi connectivity index (χ3v) is 3.53. The normalized spacial score (nSPS) is 13.2. The van der Waals surface area contributed by atoms with Crippen LogP contribution in [0.4, 0.5) is 0 Å². The van der Waals surface area contributed by atoms with Crippen molar-refractivity contribution in [2.45, 2.75) is 12.5 Å². The highest BCUT2D eigenvalue weighted by molar-refractivity contribution is 9.10. The average Bonchev–Trinajstić information content (AvgIpc) is 2.47. The van der Waals surface area contributed by atoms with Gasteiger partial charge in [0.15, 0.2) is 5.54 Å². The van der Waals surface area contributed by atoms with Crippen molar-refractivity contribution in [2.75, 3.05) is 0 Å². The van der Waals surface area contributed by atoms with Crippen LogP contribution in [0.5, 0.6) is 0 Å². The van der Waals surface area contributed by atoms with Crippen molar-refractivity contribution >= 4 is 27.8 Å². The number of hydrogen-bond donors (Lipinski definition) is 2. The van der Waals surface area contributed by atoms with Crippen molar-refractivity contribution in [3.63, 3.8) is 0 Å². The number of carboxylic acids is 1. The average molecular weight is 349 g/mol. The number of nitrogens with one attached hydrogen (secondary N) is 1. The van der Waals surface area contributed by atoms with E-state index >= 15 is 0 Å². The van der Waals surface area contributed by atoms with Gasteiger partial charge in [-0.15, -0.1) is 0 Å². The summed E-state index contributed by atoms with van der Waals surface area (Å²) in [4.78, 5) is 27.9. The van der Waals surface area contributed by atoms with Gasteiger partial charge in [0.05, 0.1) is 0 Å². The van der Waals surface area contributed by atoms with Gasteiger partial charge in [-0.3, -0.25) is 4.79 Å². The van der Waals surface area contributed by atoms with Gasteiger partial charge in [0, 0.05) is 0 Å². The van der Waals surface area contributed by atoms with Crippen molar-refractivity contribution in [1.82, 2.24) is 10.3 Å². The van der Waals surface area contributed by atoms with Gasteiger partial charge in [-0.05, 0) is 40.5 Å². The molecule has 108 valence electrons. The van der Waals surface area contributed by atoms with E-state index in [1.165, 1.54) is 13.0 Å². The summed E-state index contributed by atoms with van der Waals surface area (Å²) < 4.78 is 0.506. The number of pyridine rings is 1. The first-order chi connectivity index (χ1) is 9.93. The van der Waals surface area contributed by atoms with Gasteiger partial charge in [-0.25, -0.2) is 9.78 Å². The SMILES string of the molecule is CC(NC(=O)c1cccc(Br)n1)(C(=O)O)c1ccccc1. The largest absolute Gasteiger partial charge is 0.479 e. The van der Waals surface area contributed by atoms with E-state index in [9.17, 15) is 14.7 Å². The fourth-order valence-electron chi connectivity index (χ4n) is 1.85. The third-order valence-electron chi connectivity index (χ3n) is 3.09. The minimum Gasteiger partial charge on any atom is -0.479 e. The summed E-state index contributed by atoms with van der Waals surface area (Å²) in [5, 5.41) is 12.0. The van der Waals surface area contributed by atoms with Crippen LogP contribution in [0.15, 0.2) is 53.1 Å². The summed E-state index contributed by atoms with van der Waals surface area (Å²) in [7, 11) is 0. The highest BCUT2D eigenvalue weighted by atomic mass is 79.9. The van der Waals surface area contributed by atoms with Gasteiger partial charge in [0.25, 0.3) is 5.91 Å². The Labute approximate surface area is 130 Å². The minimum atomic E-state index is -1.53. The number of aromatic nitrogens is 1. The van der Waals surface area contributed by atoms with Crippen LogP contribution in [0, 0.1) is 0 Å². The van der Waals surface area contributed by atoms with E-state index in [2.05, 4.69) is 26.2 Å². The summed E-state index contributed by atoms with van der Waals surface area (Å²) in [6.45, 7) is 1.44. The molecular formula is C15H13BrN2O3. The summed E-state index contributed by atoms with van der Waals surface area (Å²) in [6, 6.07) is 13.4. The zero-order chi connectivity index (χ0) is 15.5. The standard InChI is InChI=1S/C15H13BrN2O3/c1-15(14(20)21,10-6-3-2-4-7-10)18-13(19)11-8-5-9-12(16)17-11/h2-9H,1H3,(H,18,19)(H,20,21). The molecule has 1 heterocycles. The molecule has 2 aromatic rings. The maximum absolute atomic E-state index is 12.2. The molecule has 2 rings (SSSR count). The highest BCUT2D eigenvalue weighted by Gasteiger charge is 2.37. The van der Waals surface area contributed by atoms with Gasteiger partial charge in [0.2, 0.25) is 0 Å². The molecule has 1 aromatic carbocycles. The minimum absolute atomic E-state index is 0.146. The van der Waals surface area contributed by atoms with E-state index in [1.54, 1.807) is 42.5 Å². The molecule has 1 atom stereocenters. The Hall–Kier alpha value is -2.21. The number of carboxylic acid groups (broad SMARTS) is 1. The third kappa shape index (κ3) is 3.28. The number of carbonyl (C=O) groups excluding carboxylic acids is 1. The second kappa shape index (κ2) is 6.05. The second-order valence-corrected chi connectivity index (χ2v) is 5.41. The monoisotopic (exact) mass is 348 g/mol. The molecule has 1 unspecified atom stereocenters. The lowest BCUT2D eigenvalue weighted by molar-refractivity contribution is -0.144. The van der Waals surface area contributed by atoms with Crippen molar-refractivity contribution < 1.29 is 14.7 Å². The fourth-order valence-corrected chi connectivity index (χ4v) is 2.19. The molecule has 0 fully saturated rings. The molecule has 0 radical (unpaired) electrons. The molecule has 0 bridgehead atoms. The van der Waals surface area contributed by atoms with E-state index in [0.29, 0.717) is 10.2 Å². The van der Waals surface area contributed by atoms with Crippen LogP contribution < -0.4 is 5.32 Å². The predicted octanol–water partition coefficient (Wildman–Crippen LogP) is 2.57. The van der Waals surface area contributed by atoms with Gasteiger partial charge in [-0.2, -0.15) is 0 Å². The number of rotatable bonds is 4. The first-order valence-electron chi connectivity index (χ1n) is 6.17. The van der Waals surface area contributed by atoms with Crippen LogP contribution in [0.3, 0.4) is 0 Å². The molecule has 1 aromatic heterocycles. The molecule has 0 aliphatic rings. The van der Waals surface area contributed by atoms with Crippen LogP contribution in [-0.2, 0) is 10.3 Å². The Morgan fingerprint density at radius 3 is 2.38 bits per heavy atom. The van der Waals surface area contributed by atoms with E-state index in [4.69, 9.17) is 0 Å². The Kier molecular flexibility index (Phi) is 4.37. The van der Waals surface area contributed by atoms with E-state index in [-0.39, 0.29) is 5.69 Å². The van der Waals surface area contributed by atoms with Crippen molar-refractivity contribution in [3.05, 3.63) is 64.4 Å². The van der Waals surface area contributed by atoms with E-state index in [0.717, 1.165) is 0 Å². The zero-order valence-corrected chi connectivity index (χ0v) is 12.8. The molecular weight excluding hydrogens is 336 g/mol. The van der Waals surface area contributed by atoms with Crippen LogP contribution >= 0.6 is 15.9 Å². The molecule has 5 nitrogen and oxygen atoms in total. The summed E-state index contributed by atoms with van der Waals surface area (Å²) in [6.07, 6.45) is 0. The van der Waals surface area contributed by atoms with Crippen molar-refractivity contribution in [2.24, 2.45) is 0 Å². The summed E-state index contributed by atoms with van der Waals surface area (Å²) in [5.74, 6) is -1.69. The Balaban J connectivity index is 2.33. The lowest BCUT2D eigenvalue weighted by atomic mass is 9.92.